The molecule has 0 bridgehead atoms. The third-order valence-electron chi connectivity index (χ3n) is 1.53. The number of aromatic nitrogens is 1. The number of halogens is 3. The van der Waals surface area contributed by atoms with Gasteiger partial charge in [0.25, 0.3) is 0 Å². The van der Waals surface area contributed by atoms with Gasteiger partial charge < -0.3 is 0 Å². The molecule has 0 aliphatic rings. The standard InChI is InChI=1S/C7H2F3N3O2/c8-7(9,10)5-3-12-2-4(1-11)6(5)13(14)15/h2-3H. The Hall–Kier alpha value is -2.17. The Morgan fingerprint density at radius 3 is 2.47 bits per heavy atom. The fraction of sp³-hybridized carbons (Fsp3) is 0.143. The molecule has 1 aromatic heterocycles. The summed E-state index contributed by atoms with van der Waals surface area (Å²) in [6.45, 7) is 0. The Labute approximate surface area is 80.9 Å². The van der Waals surface area contributed by atoms with E-state index in [1.165, 1.54) is 6.07 Å². The zero-order valence-electron chi connectivity index (χ0n) is 6.95. The van der Waals surface area contributed by atoms with Crippen molar-refractivity contribution < 1.29 is 18.1 Å². The number of rotatable bonds is 1. The van der Waals surface area contributed by atoms with Crippen molar-refractivity contribution in [2.75, 3.05) is 0 Å². The molecule has 0 aliphatic carbocycles. The first-order valence-electron chi connectivity index (χ1n) is 3.47. The highest BCUT2D eigenvalue weighted by molar-refractivity contribution is 5.53. The molecule has 1 heterocycles. The number of nitro groups is 1. The van der Waals surface area contributed by atoms with E-state index in [0.717, 1.165) is 0 Å². The van der Waals surface area contributed by atoms with Gasteiger partial charge in [0.1, 0.15) is 11.6 Å². The maximum atomic E-state index is 12.3. The lowest BCUT2D eigenvalue weighted by Crippen LogP contribution is -2.10. The average molecular weight is 217 g/mol. The van der Waals surface area contributed by atoms with Gasteiger partial charge in [-0.25, -0.2) is 0 Å². The van der Waals surface area contributed by atoms with Crippen molar-refractivity contribution in [3.05, 3.63) is 33.6 Å². The molecular formula is C7H2F3N3O2. The molecule has 0 N–H and O–H groups in total. The van der Waals surface area contributed by atoms with Gasteiger partial charge in [-0.15, -0.1) is 0 Å². The number of hydrogen-bond donors (Lipinski definition) is 0. The molecule has 0 unspecified atom stereocenters. The Balaban J connectivity index is 3.55. The van der Waals surface area contributed by atoms with E-state index in [9.17, 15) is 23.3 Å². The quantitative estimate of drug-likeness (QED) is 0.531. The van der Waals surface area contributed by atoms with Crippen molar-refractivity contribution >= 4 is 5.69 Å². The number of alkyl halides is 3. The third kappa shape index (κ3) is 2.01. The van der Waals surface area contributed by atoms with Crippen LogP contribution < -0.4 is 0 Å². The second kappa shape index (κ2) is 3.53. The van der Waals surface area contributed by atoms with Crippen LogP contribution >= 0.6 is 0 Å². The SMILES string of the molecule is N#Cc1cncc(C(F)(F)F)c1[N+](=O)[O-]. The minimum Gasteiger partial charge on any atom is -0.262 e. The summed E-state index contributed by atoms with van der Waals surface area (Å²) in [6.07, 6.45) is -3.87. The predicted octanol–water partition coefficient (Wildman–Crippen LogP) is 1.88. The smallest absolute Gasteiger partial charge is 0.262 e. The normalized spacial score (nSPS) is 10.8. The summed E-state index contributed by atoms with van der Waals surface area (Å²) in [7, 11) is 0. The molecule has 1 aromatic rings. The maximum Gasteiger partial charge on any atom is 0.424 e. The van der Waals surface area contributed by atoms with Crippen LogP contribution in [0.15, 0.2) is 12.4 Å². The number of nitriles is 1. The van der Waals surface area contributed by atoms with Gasteiger partial charge in [0.2, 0.25) is 0 Å². The van der Waals surface area contributed by atoms with Crippen molar-refractivity contribution in [3.63, 3.8) is 0 Å². The lowest BCUT2D eigenvalue weighted by atomic mass is 10.1. The molecule has 0 saturated carbocycles. The predicted molar refractivity (Wildman–Crippen MR) is 40.6 cm³/mol. The molecule has 0 spiro atoms. The number of nitrogens with zero attached hydrogens (tertiary/aromatic N) is 3. The molecule has 0 atom stereocenters. The van der Waals surface area contributed by atoms with Crippen LogP contribution in [0.2, 0.25) is 0 Å². The van der Waals surface area contributed by atoms with Crippen LogP contribution in [0.1, 0.15) is 11.1 Å². The van der Waals surface area contributed by atoms with Crippen LogP contribution in [-0.2, 0) is 6.18 Å². The molecule has 0 aliphatic heterocycles. The summed E-state index contributed by atoms with van der Waals surface area (Å²) in [4.78, 5) is 12.2. The fourth-order valence-corrected chi connectivity index (χ4v) is 0.940. The van der Waals surface area contributed by atoms with E-state index in [1.807, 2.05) is 0 Å². The molecule has 0 aromatic carbocycles. The van der Waals surface area contributed by atoms with E-state index in [-0.39, 0.29) is 0 Å². The molecule has 8 heteroatoms. The van der Waals surface area contributed by atoms with Gasteiger partial charge in [0, 0.05) is 6.20 Å². The highest BCUT2D eigenvalue weighted by Gasteiger charge is 2.40. The van der Waals surface area contributed by atoms with Crippen molar-refractivity contribution in [2.45, 2.75) is 6.18 Å². The monoisotopic (exact) mass is 217 g/mol. The second-order valence-corrected chi connectivity index (χ2v) is 2.45. The zero-order chi connectivity index (χ0) is 11.6. The number of pyridine rings is 1. The Bertz CT molecular complexity index is 450. The minimum absolute atomic E-state index is 0.318. The first kappa shape index (κ1) is 10.9. The Morgan fingerprint density at radius 2 is 2.07 bits per heavy atom. The minimum atomic E-state index is -4.90. The lowest BCUT2D eigenvalue weighted by molar-refractivity contribution is -0.388. The third-order valence-corrected chi connectivity index (χ3v) is 1.53. The lowest BCUT2D eigenvalue weighted by Gasteiger charge is -2.06. The van der Waals surface area contributed by atoms with Crippen molar-refractivity contribution in [3.8, 4) is 6.07 Å². The van der Waals surface area contributed by atoms with Gasteiger partial charge in [-0.3, -0.25) is 15.1 Å². The van der Waals surface area contributed by atoms with Crippen LogP contribution in [0.25, 0.3) is 0 Å². The first-order valence-corrected chi connectivity index (χ1v) is 3.47. The van der Waals surface area contributed by atoms with Crippen molar-refractivity contribution in [1.82, 2.24) is 4.98 Å². The molecule has 0 amide bonds. The van der Waals surface area contributed by atoms with Gasteiger partial charge in [0.05, 0.1) is 11.1 Å². The fourth-order valence-electron chi connectivity index (χ4n) is 0.940. The summed E-state index contributed by atoms with van der Waals surface area (Å²) in [5, 5.41) is 18.8. The molecule has 0 radical (unpaired) electrons. The topological polar surface area (TPSA) is 79.8 Å². The van der Waals surface area contributed by atoms with E-state index in [2.05, 4.69) is 4.98 Å². The number of hydrogen-bond acceptors (Lipinski definition) is 4. The molecular weight excluding hydrogens is 215 g/mol. The summed E-state index contributed by atoms with van der Waals surface area (Å²) in [6, 6.07) is 1.29. The van der Waals surface area contributed by atoms with Crippen molar-refractivity contribution in [1.29, 1.82) is 5.26 Å². The average Bonchev–Trinajstić information content (AvgIpc) is 2.15. The molecule has 78 valence electrons. The van der Waals surface area contributed by atoms with Gasteiger partial charge in [-0.1, -0.05) is 0 Å². The highest BCUT2D eigenvalue weighted by atomic mass is 19.4. The van der Waals surface area contributed by atoms with Crippen LogP contribution in [0.4, 0.5) is 18.9 Å². The van der Waals surface area contributed by atoms with Gasteiger partial charge in [0.15, 0.2) is 5.56 Å². The Kier molecular flexibility index (Phi) is 2.57. The largest absolute Gasteiger partial charge is 0.424 e. The Morgan fingerprint density at radius 1 is 1.47 bits per heavy atom. The van der Waals surface area contributed by atoms with Gasteiger partial charge in [-0.05, 0) is 0 Å². The molecule has 0 fully saturated rings. The molecule has 5 nitrogen and oxygen atoms in total. The van der Waals surface area contributed by atoms with E-state index in [1.54, 1.807) is 0 Å². The zero-order valence-corrected chi connectivity index (χ0v) is 6.95. The molecule has 15 heavy (non-hydrogen) atoms. The summed E-state index contributed by atoms with van der Waals surface area (Å²) in [5.74, 6) is 0. The second-order valence-electron chi connectivity index (χ2n) is 2.45. The van der Waals surface area contributed by atoms with Crippen LogP contribution in [0.5, 0.6) is 0 Å². The van der Waals surface area contributed by atoms with E-state index < -0.39 is 27.9 Å². The van der Waals surface area contributed by atoms with Crippen LogP contribution in [0.3, 0.4) is 0 Å². The van der Waals surface area contributed by atoms with E-state index in [0.29, 0.717) is 12.4 Å². The molecule has 0 saturated heterocycles. The highest BCUT2D eigenvalue weighted by Crippen LogP contribution is 2.36. The first-order chi connectivity index (χ1) is 6.88. The van der Waals surface area contributed by atoms with Gasteiger partial charge in [-0.2, -0.15) is 18.4 Å². The summed E-state index contributed by atoms with van der Waals surface area (Å²) < 4.78 is 36.8. The van der Waals surface area contributed by atoms with E-state index in [4.69, 9.17) is 5.26 Å². The van der Waals surface area contributed by atoms with E-state index >= 15 is 0 Å². The van der Waals surface area contributed by atoms with Gasteiger partial charge >= 0.3 is 11.9 Å². The summed E-state index contributed by atoms with van der Waals surface area (Å²) in [5.41, 5.74) is -3.50. The van der Waals surface area contributed by atoms with Crippen LogP contribution in [-0.4, -0.2) is 9.91 Å². The molecule has 1 rings (SSSR count). The summed E-state index contributed by atoms with van der Waals surface area (Å²) >= 11 is 0. The maximum absolute atomic E-state index is 12.3. The van der Waals surface area contributed by atoms with Crippen LogP contribution in [0, 0.1) is 21.4 Å². The van der Waals surface area contributed by atoms with Crippen molar-refractivity contribution in [2.24, 2.45) is 0 Å².